The van der Waals surface area contributed by atoms with Gasteiger partial charge in [0, 0.05) is 6.08 Å². The fourth-order valence-electron chi connectivity index (χ4n) is 3.11. The standard InChI is InChI=1S/C27H25NO3/c1-3-26(28)31-25-17-15-24(16-18-25)23-13-11-22(12-14-23)21-9-7-20(8-10-21)6-5-19-30-27(29)4-2/h3-4,7-18,28H,1-2,5-6,19H2. The third-order valence-electron chi connectivity index (χ3n) is 4.79. The molecule has 1 N–H and O–H groups in total. The number of carbonyl (C=O) groups is 1. The Morgan fingerprint density at radius 2 is 1.26 bits per heavy atom. The zero-order valence-corrected chi connectivity index (χ0v) is 17.3. The molecule has 0 bridgehead atoms. The van der Waals surface area contributed by atoms with Crippen LogP contribution in [-0.2, 0) is 16.0 Å². The van der Waals surface area contributed by atoms with E-state index in [-0.39, 0.29) is 11.9 Å². The van der Waals surface area contributed by atoms with Crippen LogP contribution in [0.3, 0.4) is 0 Å². The predicted molar refractivity (Wildman–Crippen MR) is 125 cm³/mol. The minimum atomic E-state index is -0.378. The molecule has 3 rings (SSSR count). The molecule has 0 spiro atoms. The van der Waals surface area contributed by atoms with Gasteiger partial charge in [-0.2, -0.15) is 0 Å². The van der Waals surface area contributed by atoms with Crippen molar-refractivity contribution >= 4 is 11.9 Å². The van der Waals surface area contributed by atoms with E-state index in [1.165, 1.54) is 17.7 Å². The Morgan fingerprint density at radius 1 is 0.774 bits per heavy atom. The number of hydrogen-bond acceptors (Lipinski definition) is 4. The minimum Gasteiger partial charge on any atom is -0.463 e. The first-order chi connectivity index (χ1) is 15.1. The molecule has 0 unspecified atom stereocenters. The van der Waals surface area contributed by atoms with Gasteiger partial charge in [-0.1, -0.05) is 73.8 Å². The summed E-state index contributed by atoms with van der Waals surface area (Å²) in [6.45, 7) is 7.30. The van der Waals surface area contributed by atoms with Crippen molar-refractivity contribution in [3.8, 4) is 28.0 Å². The van der Waals surface area contributed by atoms with Crippen LogP contribution in [0.2, 0.25) is 0 Å². The summed E-state index contributed by atoms with van der Waals surface area (Å²) in [4.78, 5) is 11.0. The lowest BCUT2D eigenvalue weighted by atomic mass is 9.99. The smallest absolute Gasteiger partial charge is 0.330 e. The van der Waals surface area contributed by atoms with Gasteiger partial charge in [-0.05, 0) is 58.9 Å². The van der Waals surface area contributed by atoms with Crippen molar-refractivity contribution in [2.45, 2.75) is 12.8 Å². The molecule has 4 heteroatoms. The third-order valence-corrected chi connectivity index (χ3v) is 4.79. The number of hydrogen-bond donors (Lipinski definition) is 1. The first-order valence-electron chi connectivity index (χ1n) is 10.1. The Hall–Kier alpha value is -3.92. The monoisotopic (exact) mass is 411 g/mol. The summed E-state index contributed by atoms with van der Waals surface area (Å²) < 4.78 is 10.3. The number of aryl methyl sites for hydroxylation is 1. The maximum Gasteiger partial charge on any atom is 0.330 e. The average Bonchev–Trinajstić information content (AvgIpc) is 2.82. The zero-order chi connectivity index (χ0) is 22.1. The van der Waals surface area contributed by atoms with Gasteiger partial charge in [-0.15, -0.1) is 0 Å². The summed E-state index contributed by atoms with van der Waals surface area (Å²) in [5, 5.41) is 7.51. The van der Waals surface area contributed by atoms with Crippen molar-refractivity contribution < 1.29 is 14.3 Å². The van der Waals surface area contributed by atoms with E-state index in [4.69, 9.17) is 14.9 Å². The van der Waals surface area contributed by atoms with Crippen LogP contribution in [0, 0.1) is 5.41 Å². The van der Waals surface area contributed by atoms with E-state index in [1.807, 2.05) is 24.3 Å². The van der Waals surface area contributed by atoms with Crippen molar-refractivity contribution in [1.29, 1.82) is 5.41 Å². The van der Waals surface area contributed by atoms with Crippen LogP contribution in [0.5, 0.6) is 5.75 Å². The molecule has 156 valence electrons. The topological polar surface area (TPSA) is 59.4 Å². The van der Waals surface area contributed by atoms with Gasteiger partial charge in [0.05, 0.1) is 6.61 Å². The molecule has 3 aromatic carbocycles. The summed E-state index contributed by atoms with van der Waals surface area (Å²) in [5.74, 6) is 0.264. The Kier molecular flexibility index (Phi) is 7.55. The minimum absolute atomic E-state index is 0.0271. The van der Waals surface area contributed by atoms with E-state index >= 15 is 0 Å². The van der Waals surface area contributed by atoms with Crippen LogP contribution in [-0.4, -0.2) is 18.5 Å². The average molecular weight is 412 g/mol. The molecule has 0 fully saturated rings. The molecule has 0 aliphatic carbocycles. The summed E-state index contributed by atoms with van der Waals surface area (Å²) >= 11 is 0. The quantitative estimate of drug-likeness (QED) is 0.149. The lowest BCUT2D eigenvalue weighted by Gasteiger charge is -2.08. The Labute approximate surface area is 183 Å². The van der Waals surface area contributed by atoms with Crippen molar-refractivity contribution in [2.24, 2.45) is 0 Å². The van der Waals surface area contributed by atoms with E-state index < -0.39 is 0 Å². The van der Waals surface area contributed by atoms with Gasteiger partial charge in [0.15, 0.2) is 0 Å². The fraction of sp³-hybridized carbons (Fsp3) is 0.111. The van der Waals surface area contributed by atoms with Gasteiger partial charge in [0.25, 0.3) is 0 Å². The number of rotatable bonds is 9. The number of ether oxygens (including phenoxy) is 2. The maximum atomic E-state index is 11.0. The lowest BCUT2D eigenvalue weighted by molar-refractivity contribution is -0.137. The van der Waals surface area contributed by atoms with Crippen molar-refractivity contribution in [2.75, 3.05) is 6.61 Å². The van der Waals surface area contributed by atoms with Crippen LogP contribution in [0.25, 0.3) is 22.3 Å². The molecular formula is C27H25NO3. The highest BCUT2D eigenvalue weighted by Gasteiger charge is 2.03. The molecule has 0 saturated carbocycles. The van der Waals surface area contributed by atoms with Crippen LogP contribution in [0.15, 0.2) is 98.1 Å². The van der Waals surface area contributed by atoms with Crippen LogP contribution in [0.1, 0.15) is 12.0 Å². The molecular weight excluding hydrogens is 386 g/mol. The van der Waals surface area contributed by atoms with E-state index in [9.17, 15) is 4.79 Å². The summed E-state index contributed by atoms with van der Waals surface area (Å²) in [5.41, 5.74) is 5.70. The van der Waals surface area contributed by atoms with Gasteiger partial charge in [0.1, 0.15) is 5.75 Å². The van der Waals surface area contributed by atoms with E-state index in [0.29, 0.717) is 12.4 Å². The highest BCUT2D eigenvalue weighted by atomic mass is 16.5. The fourth-order valence-corrected chi connectivity index (χ4v) is 3.11. The predicted octanol–water partition coefficient (Wildman–Crippen LogP) is 6.22. The Bertz CT molecular complexity index is 1050. The zero-order valence-electron chi connectivity index (χ0n) is 17.3. The lowest BCUT2D eigenvalue weighted by Crippen LogP contribution is -2.02. The highest BCUT2D eigenvalue weighted by molar-refractivity contribution is 5.86. The third kappa shape index (κ3) is 6.28. The first kappa shape index (κ1) is 21.8. The largest absolute Gasteiger partial charge is 0.463 e. The molecule has 0 aliphatic rings. The molecule has 4 nitrogen and oxygen atoms in total. The van der Waals surface area contributed by atoms with Crippen molar-refractivity contribution in [3.63, 3.8) is 0 Å². The van der Waals surface area contributed by atoms with E-state index in [2.05, 4.69) is 61.7 Å². The summed E-state index contributed by atoms with van der Waals surface area (Å²) in [7, 11) is 0. The van der Waals surface area contributed by atoms with Gasteiger partial charge >= 0.3 is 5.97 Å². The number of benzene rings is 3. The molecule has 3 aromatic rings. The van der Waals surface area contributed by atoms with Crippen LogP contribution in [0.4, 0.5) is 0 Å². The second-order valence-corrected chi connectivity index (χ2v) is 6.94. The molecule has 0 saturated heterocycles. The number of nitrogens with one attached hydrogen (secondary N) is 1. The Morgan fingerprint density at radius 3 is 1.74 bits per heavy atom. The van der Waals surface area contributed by atoms with Crippen LogP contribution < -0.4 is 4.74 Å². The molecule has 0 radical (unpaired) electrons. The van der Waals surface area contributed by atoms with Crippen molar-refractivity contribution in [1.82, 2.24) is 0 Å². The maximum absolute atomic E-state index is 11.0. The number of carbonyl (C=O) groups excluding carboxylic acids is 1. The van der Waals surface area contributed by atoms with E-state index in [1.54, 1.807) is 0 Å². The molecule has 31 heavy (non-hydrogen) atoms. The number of esters is 1. The summed E-state index contributed by atoms with van der Waals surface area (Å²) in [6, 6.07) is 24.5. The van der Waals surface area contributed by atoms with Crippen molar-refractivity contribution in [3.05, 3.63) is 104 Å². The van der Waals surface area contributed by atoms with Gasteiger partial charge in [-0.3, -0.25) is 5.41 Å². The molecule has 0 amide bonds. The van der Waals surface area contributed by atoms with Gasteiger partial charge in [0.2, 0.25) is 5.90 Å². The Balaban J connectivity index is 1.59. The second kappa shape index (κ2) is 10.7. The highest BCUT2D eigenvalue weighted by Crippen LogP contribution is 2.26. The summed E-state index contributed by atoms with van der Waals surface area (Å²) in [6.07, 6.45) is 4.18. The van der Waals surface area contributed by atoms with Crippen LogP contribution >= 0.6 is 0 Å². The normalized spacial score (nSPS) is 10.2. The molecule has 0 atom stereocenters. The van der Waals surface area contributed by atoms with Gasteiger partial charge in [-0.25, -0.2) is 4.79 Å². The molecule has 0 aromatic heterocycles. The van der Waals surface area contributed by atoms with Gasteiger partial charge < -0.3 is 9.47 Å². The molecule has 0 heterocycles. The SMILES string of the molecule is C=CC(=N)Oc1ccc(-c2ccc(-c3ccc(CCCOC(=O)C=C)cc3)cc2)cc1. The second-order valence-electron chi connectivity index (χ2n) is 6.94. The molecule has 0 aliphatic heterocycles. The first-order valence-corrected chi connectivity index (χ1v) is 10.1. The van der Waals surface area contributed by atoms with E-state index in [0.717, 1.165) is 35.1 Å².